The molecule has 1 heterocycles. The van der Waals surface area contributed by atoms with Crippen LogP contribution in [0.1, 0.15) is 5.56 Å². The van der Waals surface area contributed by atoms with E-state index in [0.717, 1.165) is 4.90 Å². The van der Waals surface area contributed by atoms with E-state index in [1.54, 1.807) is 24.3 Å². The first-order chi connectivity index (χ1) is 10.7. The highest BCUT2D eigenvalue weighted by atomic mass is 19.4. The Morgan fingerprint density at radius 2 is 1.96 bits per heavy atom. The number of rotatable bonds is 4. The molecule has 0 spiro atoms. The average Bonchev–Trinajstić information content (AvgIpc) is 2.93. The van der Waals surface area contributed by atoms with Crippen molar-refractivity contribution in [3.63, 3.8) is 0 Å². The number of alkyl halides is 3. The molecule has 2 atom stereocenters. The molecule has 1 aromatic rings. The van der Waals surface area contributed by atoms with Gasteiger partial charge in [-0.15, -0.1) is 0 Å². The van der Waals surface area contributed by atoms with Crippen LogP contribution in [-0.4, -0.2) is 43.1 Å². The molecule has 0 aliphatic carbocycles. The number of carbonyl (C=O) groups is 2. The molecule has 1 saturated heterocycles. The molecule has 1 fully saturated rings. The zero-order valence-corrected chi connectivity index (χ0v) is 12.5. The smallest absolute Gasteiger partial charge is 0.394 e. The normalized spacial score (nSPS) is 21.3. The first-order valence-electron chi connectivity index (χ1n) is 6.99. The van der Waals surface area contributed by atoms with Gasteiger partial charge in [0, 0.05) is 18.7 Å². The highest BCUT2D eigenvalue weighted by Crippen LogP contribution is 2.37. The van der Waals surface area contributed by atoms with Crippen molar-refractivity contribution in [3.05, 3.63) is 29.8 Å². The number of nitrogens with zero attached hydrogens (tertiary/aromatic N) is 1. The van der Waals surface area contributed by atoms with Crippen LogP contribution in [0.4, 0.5) is 13.2 Å². The molecule has 8 heteroatoms. The molecule has 5 nitrogen and oxygen atoms in total. The molecular weight excluding hydrogens is 313 g/mol. The van der Waals surface area contributed by atoms with Crippen molar-refractivity contribution >= 4 is 11.8 Å². The van der Waals surface area contributed by atoms with Crippen LogP contribution in [0.3, 0.4) is 0 Å². The van der Waals surface area contributed by atoms with Crippen LogP contribution in [0, 0.1) is 11.8 Å². The summed E-state index contributed by atoms with van der Waals surface area (Å²) in [6.45, 7) is -0.863. The summed E-state index contributed by atoms with van der Waals surface area (Å²) in [5.74, 6) is -4.37. The molecule has 0 radical (unpaired) electrons. The molecule has 0 aromatic heterocycles. The molecule has 2 rings (SSSR count). The summed E-state index contributed by atoms with van der Waals surface area (Å²) in [6.07, 6.45) is -4.67. The van der Waals surface area contributed by atoms with Gasteiger partial charge in [0.1, 0.15) is 5.75 Å². The maximum absolute atomic E-state index is 13.0. The number of carbonyl (C=O) groups excluding carboxylic acids is 2. The van der Waals surface area contributed by atoms with E-state index < -0.39 is 36.4 Å². The van der Waals surface area contributed by atoms with Gasteiger partial charge in [0.05, 0.1) is 25.4 Å². The van der Waals surface area contributed by atoms with Crippen LogP contribution in [0.5, 0.6) is 5.75 Å². The van der Waals surface area contributed by atoms with Gasteiger partial charge in [-0.05, 0) is 6.07 Å². The van der Waals surface area contributed by atoms with Crippen molar-refractivity contribution in [3.8, 4) is 5.75 Å². The summed E-state index contributed by atoms with van der Waals surface area (Å²) in [4.78, 5) is 24.6. The molecule has 2 N–H and O–H groups in total. The van der Waals surface area contributed by atoms with Gasteiger partial charge < -0.3 is 15.4 Å². The fourth-order valence-electron chi connectivity index (χ4n) is 2.75. The minimum atomic E-state index is -4.57. The lowest BCUT2D eigenvalue weighted by Crippen LogP contribution is -2.37. The van der Waals surface area contributed by atoms with E-state index in [1.807, 2.05) is 0 Å². The number of hydrogen-bond donors (Lipinski definition) is 1. The summed E-state index contributed by atoms with van der Waals surface area (Å²) in [6, 6.07) is 6.77. The number of benzene rings is 1. The molecule has 0 saturated carbocycles. The average molecular weight is 330 g/mol. The van der Waals surface area contributed by atoms with E-state index in [0.29, 0.717) is 11.3 Å². The number of halogens is 3. The summed E-state index contributed by atoms with van der Waals surface area (Å²) in [5.41, 5.74) is 5.62. The molecule has 126 valence electrons. The Bertz CT molecular complexity index is 604. The second kappa shape index (κ2) is 6.47. The van der Waals surface area contributed by atoms with Crippen molar-refractivity contribution in [1.29, 1.82) is 0 Å². The zero-order chi connectivity index (χ0) is 17.2. The number of ether oxygens (including phenoxy) is 1. The fraction of sp³-hybridized carbons (Fsp3) is 0.467. The third-order valence-corrected chi connectivity index (χ3v) is 3.99. The lowest BCUT2D eigenvalue weighted by molar-refractivity contribution is -0.182. The minimum Gasteiger partial charge on any atom is -0.496 e. The number of primary amides is 1. The van der Waals surface area contributed by atoms with E-state index in [1.165, 1.54) is 7.11 Å². The number of methoxy groups -OCH3 is 1. The first-order valence-corrected chi connectivity index (χ1v) is 6.99. The quantitative estimate of drug-likeness (QED) is 0.906. The molecule has 0 bridgehead atoms. The molecule has 23 heavy (non-hydrogen) atoms. The Morgan fingerprint density at radius 3 is 2.48 bits per heavy atom. The van der Waals surface area contributed by atoms with Gasteiger partial charge in [0.15, 0.2) is 0 Å². The number of likely N-dealkylation sites (tertiary alicyclic amines) is 1. The maximum Gasteiger partial charge on any atom is 0.394 e. The largest absolute Gasteiger partial charge is 0.496 e. The van der Waals surface area contributed by atoms with Gasteiger partial charge >= 0.3 is 6.18 Å². The number of hydrogen-bond acceptors (Lipinski definition) is 3. The van der Waals surface area contributed by atoms with Gasteiger partial charge in [-0.2, -0.15) is 13.2 Å². The topological polar surface area (TPSA) is 72.6 Å². The third-order valence-electron chi connectivity index (χ3n) is 3.99. The number of nitrogens with two attached hydrogens (primary N) is 1. The van der Waals surface area contributed by atoms with E-state index in [9.17, 15) is 22.8 Å². The summed E-state index contributed by atoms with van der Waals surface area (Å²) < 4.78 is 44.1. The van der Waals surface area contributed by atoms with Crippen molar-refractivity contribution in [2.45, 2.75) is 12.6 Å². The zero-order valence-electron chi connectivity index (χ0n) is 12.5. The predicted octanol–water partition coefficient (Wildman–Crippen LogP) is 1.36. The minimum absolute atomic E-state index is 0.0972. The van der Waals surface area contributed by atoms with E-state index >= 15 is 0 Å². The maximum atomic E-state index is 13.0. The van der Waals surface area contributed by atoms with Crippen molar-refractivity contribution in [1.82, 2.24) is 4.90 Å². The highest BCUT2D eigenvalue weighted by molar-refractivity contribution is 5.83. The van der Waals surface area contributed by atoms with Crippen LogP contribution < -0.4 is 10.5 Å². The van der Waals surface area contributed by atoms with E-state index in [4.69, 9.17) is 10.5 Å². The van der Waals surface area contributed by atoms with Gasteiger partial charge in [0.2, 0.25) is 11.8 Å². The molecule has 1 aromatic carbocycles. The van der Waals surface area contributed by atoms with Crippen molar-refractivity contribution in [2.75, 3.05) is 20.2 Å². The standard InChI is InChI=1S/C15H17F3N2O3/c1-23-12-5-3-2-4-9(12)6-13(21)20-7-10(14(19)22)11(8-20)15(16,17)18/h2-5,10-11H,6-8H2,1H3,(H2,19,22)/t10-,11-/m1/s1. The van der Waals surface area contributed by atoms with Crippen LogP contribution in [0.25, 0.3) is 0 Å². The van der Waals surface area contributed by atoms with Gasteiger partial charge in [-0.25, -0.2) is 0 Å². The van der Waals surface area contributed by atoms with E-state index in [2.05, 4.69) is 0 Å². The summed E-state index contributed by atoms with van der Waals surface area (Å²) in [7, 11) is 1.45. The Hall–Kier alpha value is -2.25. The molecular formula is C15H17F3N2O3. The van der Waals surface area contributed by atoms with Crippen molar-refractivity contribution in [2.24, 2.45) is 17.6 Å². The highest BCUT2D eigenvalue weighted by Gasteiger charge is 2.52. The lowest BCUT2D eigenvalue weighted by Gasteiger charge is -2.19. The van der Waals surface area contributed by atoms with Crippen LogP contribution >= 0.6 is 0 Å². The van der Waals surface area contributed by atoms with Crippen LogP contribution in [0.2, 0.25) is 0 Å². The number of para-hydroxylation sites is 1. The Balaban J connectivity index is 2.13. The number of amides is 2. The van der Waals surface area contributed by atoms with Crippen LogP contribution in [-0.2, 0) is 16.0 Å². The third kappa shape index (κ3) is 3.75. The summed E-state index contributed by atoms with van der Waals surface area (Å²) in [5, 5.41) is 0. The second-order valence-electron chi connectivity index (χ2n) is 5.44. The molecule has 2 amide bonds. The Labute approximate surface area is 131 Å². The van der Waals surface area contributed by atoms with Crippen LogP contribution in [0.15, 0.2) is 24.3 Å². The second-order valence-corrected chi connectivity index (χ2v) is 5.44. The Kier molecular flexibility index (Phi) is 4.82. The van der Waals surface area contributed by atoms with Crippen molar-refractivity contribution < 1.29 is 27.5 Å². The van der Waals surface area contributed by atoms with Gasteiger partial charge in [-0.1, -0.05) is 18.2 Å². The SMILES string of the molecule is COc1ccccc1CC(=O)N1C[C@@H](C(F)(F)F)[C@H](C(N)=O)C1. The Morgan fingerprint density at radius 1 is 1.30 bits per heavy atom. The first kappa shape index (κ1) is 17.1. The van der Waals surface area contributed by atoms with Gasteiger partial charge in [-0.3, -0.25) is 9.59 Å². The monoisotopic (exact) mass is 330 g/mol. The summed E-state index contributed by atoms with van der Waals surface area (Å²) >= 11 is 0. The predicted molar refractivity (Wildman–Crippen MR) is 75.5 cm³/mol. The van der Waals surface area contributed by atoms with Gasteiger partial charge in [0.25, 0.3) is 0 Å². The fourth-order valence-corrected chi connectivity index (χ4v) is 2.75. The molecule has 1 aliphatic heterocycles. The van der Waals surface area contributed by atoms with E-state index in [-0.39, 0.29) is 13.0 Å². The molecule has 0 unspecified atom stereocenters. The lowest BCUT2D eigenvalue weighted by atomic mass is 9.95. The molecule has 1 aliphatic rings.